The highest BCUT2D eigenvalue weighted by Crippen LogP contribution is 2.26. The lowest BCUT2D eigenvalue weighted by Crippen LogP contribution is -2.09. The van der Waals surface area contributed by atoms with Crippen LogP contribution in [0, 0.1) is 5.92 Å². The molecule has 0 spiro atoms. The summed E-state index contributed by atoms with van der Waals surface area (Å²) >= 11 is 0. The molecule has 7 heteroatoms. The van der Waals surface area contributed by atoms with Crippen LogP contribution in [0.5, 0.6) is 0 Å². The van der Waals surface area contributed by atoms with Crippen molar-refractivity contribution < 1.29 is 18.0 Å². The van der Waals surface area contributed by atoms with Gasteiger partial charge in [0, 0.05) is 13.0 Å². The second-order valence-electron chi connectivity index (χ2n) is 4.51. The van der Waals surface area contributed by atoms with Gasteiger partial charge in [-0.05, 0) is 12.5 Å². The Morgan fingerprint density at radius 1 is 1.50 bits per heavy atom. The zero-order valence-electron chi connectivity index (χ0n) is 10.2. The van der Waals surface area contributed by atoms with Gasteiger partial charge in [0.25, 0.3) is 6.43 Å². The lowest BCUT2D eigenvalue weighted by Gasteiger charge is -2.07. The SMILES string of the molecule is CC1CNCC1c1nc(CCOCC(F)F)no1. The van der Waals surface area contributed by atoms with Crippen LogP contribution >= 0.6 is 0 Å². The molecule has 102 valence electrons. The quantitative estimate of drug-likeness (QED) is 0.780. The van der Waals surface area contributed by atoms with Crippen molar-refractivity contribution in [1.29, 1.82) is 0 Å². The third-order valence-electron chi connectivity index (χ3n) is 3.03. The van der Waals surface area contributed by atoms with Gasteiger partial charge in [-0.1, -0.05) is 12.1 Å². The van der Waals surface area contributed by atoms with E-state index in [0.29, 0.717) is 24.1 Å². The van der Waals surface area contributed by atoms with Gasteiger partial charge in [0.15, 0.2) is 5.82 Å². The van der Waals surface area contributed by atoms with Gasteiger partial charge < -0.3 is 14.6 Å². The summed E-state index contributed by atoms with van der Waals surface area (Å²) in [4.78, 5) is 4.27. The highest BCUT2D eigenvalue weighted by atomic mass is 19.3. The molecule has 1 saturated heterocycles. The molecule has 2 rings (SSSR count). The molecule has 0 aliphatic carbocycles. The van der Waals surface area contributed by atoms with Crippen molar-refractivity contribution in [3.05, 3.63) is 11.7 Å². The molecule has 1 aliphatic rings. The number of aromatic nitrogens is 2. The Bertz CT molecular complexity index is 373. The summed E-state index contributed by atoms with van der Waals surface area (Å²) in [6.07, 6.45) is -2.04. The number of halogens is 2. The fourth-order valence-corrected chi connectivity index (χ4v) is 2.00. The molecule has 1 N–H and O–H groups in total. The van der Waals surface area contributed by atoms with Crippen molar-refractivity contribution in [2.24, 2.45) is 5.92 Å². The maximum atomic E-state index is 11.8. The predicted octanol–water partition coefficient (Wildman–Crippen LogP) is 1.22. The Kier molecular flexibility index (Phi) is 4.60. The van der Waals surface area contributed by atoms with Crippen LogP contribution in [0.15, 0.2) is 4.52 Å². The van der Waals surface area contributed by atoms with E-state index in [1.54, 1.807) is 0 Å². The largest absolute Gasteiger partial charge is 0.375 e. The molecule has 0 radical (unpaired) electrons. The highest BCUT2D eigenvalue weighted by molar-refractivity contribution is 5.00. The molecule has 0 bridgehead atoms. The summed E-state index contributed by atoms with van der Waals surface area (Å²) in [7, 11) is 0. The first-order valence-electron chi connectivity index (χ1n) is 6.06. The number of nitrogens with zero attached hydrogens (tertiary/aromatic N) is 2. The zero-order chi connectivity index (χ0) is 13.0. The Labute approximate surface area is 104 Å². The Hall–Kier alpha value is -1.08. The third kappa shape index (κ3) is 3.46. The molecule has 1 aromatic rings. The Morgan fingerprint density at radius 2 is 2.33 bits per heavy atom. The summed E-state index contributed by atoms with van der Waals surface area (Å²) in [5.41, 5.74) is 0. The summed E-state index contributed by atoms with van der Waals surface area (Å²) in [5.74, 6) is 1.84. The molecule has 2 unspecified atom stereocenters. The number of alkyl halides is 2. The van der Waals surface area contributed by atoms with Gasteiger partial charge in [-0.3, -0.25) is 0 Å². The molecule has 1 aromatic heterocycles. The predicted molar refractivity (Wildman–Crippen MR) is 59.6 cm³/mol. The molecular weight excluding hydrogens is 244 g/mol. The monoisotopic (exact) mass is 261 g/mol. The van der Waals surface area contributed by atoms with Gasteiger partial charge in [0.2, 0.25) is 5.89 Å². The smallest absolute Gasteiger partial charge is 0.261 e. The second-order valence-corrected chi connectivity index (χ2v) is 4.51. The fraction of sp³-hybridized carbons (Fsp3) is 0.818. The molecule has 0 amide bonds. The molecule has 0 aromatic carbocycles. The van der Waals surface area contributed by atoms with Crippen molar-refractivity contribution >= 4 is 0 Å². The van der Waals surface area contributed by atoms with E-state index >= 15 is 0 Å². The average molecular weight is 261 g/mol. The van der Waals surface area contributed by atoms with E-state index in [4.69, 9.17) is 9.26 Å². The third-order valence-corrected chi connectivity index (χ3v) is 3.03. The summed E-state index contributed by atoms with van der Waals surface area (Å²) in [6.45, 7) is 3.54. The lowest BCUT2D eigenvalue weighted by atomic mass is 9.98. The zero-order valence-corrected chi connectivity index (χ0v) is 10.2. The number of hydrogen-bond acceptors (Lipinski definition) is 5. The van der Waals surface area contributed by atoms with Crippen LogP contribution in [-0.4, -0.2) is 42.9 Å². The normalized spacial score (nSPS) is 24.0. The maximum absolute atomic E-state index is 11.8. The maximum Gasteiger partial charge on any atom is 0.261 e. The van der Waals surface area contributed by atoms with Crippen LogP contribution in [0.4, 0.5) is 8.78 Å². The number of ether oxygens (including phenoxy) is 1. The van der Waals surface area contributed by atoms with E-state index in [0.717, 1.165) is 13.1 Å². The molecule has 1 fully saturated rings. The van der Waals surface area contributed by atoms with Gasteiger partial charge in [-0.2, -0.15) is 4.98 Å². The van der Waals surface area contributed by atoms with Gasteiger partial charge in [-0.25, -0.2) is 8.78 Å². The van der Waals surface area contributed by atoms with Crippen molar-refractivity contribution in [2.75, 3.05) is 26.3 Å². The molecule has 1 aliphatic heterocycles. The van der Waals surface area contributed by atoms with E-state index in [-0.39, 0.29) is 12.5 Å². The Balaban J connectivity index is 1.79. The fourth-order valence-electron chi connectivity index (χ4n) is 2.00. The van der Waals surface area contributed by atoms with Crippen LogP contribution in [0.25, 0.3) is 0 Å². The average Bonchev–Trinajstić information content (AvgIpc) is 2.92. The standard InChI is InChI=1S/C11H17F2N3O2/c1-7-4-14-5-8(7)11-15-10(16-18-11)2-3-17-6-9(12)13/h7-9,14H,2-6H2,1H3. The van der Waals surface area contributed by atoms with Crippen LogP contribution in [0.1, 0.15) is 24.6 Å². The molecule has 5 nitrogen and oxygen atoms in total. The minimum Gasteiger partial charge on any atom is -0.375 e. The number of rotatable bonds is 6. The summed E-state index contributed by atoms with van der Waals surface area (Å²) in [6, 6.07) is 0. The van der Waals surface area contributed by atoms with Crippen molar-refractivity contribution in [1.82, 2.24) is 15.5 Å². The highest BCUT2D eigenvalue weighted by Gasteiger charge is 2.29. The van der Waals surface area contributed by atoms with Gasteiger partial charge in [0.1, 0.15) is 6.61 Å². The van der Waals surface area contributed by atoms with Gasteiger partial charge >= 0.3 is 0 Å². The topological polar surface area (TPSA) is 60.2 Å². The van der Waals surface area contributed by atoms with Crippen LogP contribution in [0.3, 0.4) is 0 Å². The first-order valence-corrected chi connectivity index (χ1v) is 6.06. The Morgan fingerprint density at radius 3 is 3.00 bits per heavy atom. The lowest BCUT2D eigenvalue weighted by molar-refractivity contribution is 0.0182. The summed E-state index contributed by atoms with van der Waals surface area (Å²) in [5, 5.41) is 7.09. The van der Waals surface area contributed by atoms with E-state index in [2.05, 4.69) is 22.4 Å². The molecule has 0 saturated carbocycles. The van der Waals surface area contributed by atoms with Gasteiger partial charge in [-0.15, -0.1) is 0 Å². The first-order chi connectivity index (χ1) is 8.66. The molecule has 2 heterocycles. The first kappa shape index (κ1) is 13.4. The van der Waals surface area contributed by atoms with Crippen molar-refractivity contribution in [2.45, 2.75) is 25.7 Å². The molecule has 18 heavy (non-hydrogen) atoms. The van der Waals surface area contributed by atoms with Gasteiger partial charge in [0.05, 0.1) is 12.5 Å². The van der Waals surface area contributed by atoms with E-state index < -0.39 is 13.0 Å². The van der Waals surface area contributed by atoms with E-state index in [1.807, 2.05) is 0 Å². The van der Waals surface area contributed by atoms with E-state index in [1.165, 1.54) is 0 Å². The van der Waals surface area contributed by atoms with Crippen molar-refractivity contribution in [3.63, 3.8) is 0 Å². The molecule has 2 atom stereocenters. The van der Waals surface area contributed by atoms with Crippen LogP contribution in [0.2, 0.25) is 0 Å². The summed E-state index contributed by atoms with van der Waals surface area (Å²) < 4.78 is 33.6. The van der Waals surface area contributed by atoms with Crippen LogP contribution < -0.4 is 5.32 Å². The minimum atomic E-state index is -2.43. The van der Waals surface area contributed by atoms with E-state index in [9.17, 15) is 8.78 Å². The minimum absolute atomic E-state index is 0.182. The van der Waals surface area contributed by atoms with Crippen LogP contribution in [-0.2, 0) is 11.2 Å². The second kappa shape index (κ2) is 6.19. The number of hydrogen-bond donors (Lipinski definition) is 1. The number of nitrogens with one attached hydrogen (secondary N) is 1. The van der Waals surface area contributed by atoms with Crippen molar-refractivity contribution in [3.8, 4) is 0 Å². The molecular formula is C11H17F2N3O2.